The van der Waals surface area contributed by atoms with Crippen molar-refractivity contribution in [2.45, 2.75) is 31.7 Å². The summed E-state index contributed by atoms with van der Waals surface area (Å²) in [6.07, 6.45) is 5.36. The van der Waals surface area contributed by atoms with Gasteiger partial charge in [-0.25, -0.2) is 9.37 Å². The number of aromatic nitrogens is 2. The summed E-state index contributed by atoms with van der Waals surface area (Å²) >= 11 is 0. The van der Waals surface area contributed by atoms with Gasteiger partial charge < -0.3 is 9.67 Å². The number of aliphatic hydroxyl groups excluding tert-OH is 1. The molecular weight excluding hydrogens is 243 g/mol. The second kappa shape index (κ2) is 5.13. The van der Waals surface area contributed by atoms with E-state index >= 15 is 0 Å². The molecule has 3 nitrogen and oxygen atoms in total. The zero-order valence-electron chi connectivity index (χ0n) is 10.7. The van der Waals surface area contributed by atoms with E-state index < -0.39 is 0 Å². The van der Waals surface area contributed by atoms with Crippen molar-refractivity contribution in [2.24, 2.45) is 0 Å². The Morgan fingerprint density at radius 2 is 2.21 bits per heavy atom. The SMILES string of the molecule is OCC1CCCc2cnc(Cc3ccccc3F)n21. The molecule has 0 radical (unpaired) electrons. The molecule has 19 heavy (non-hydrogen) atoms. The first-order chi connectivity index (χ1) is 9.29. The molecule has 3 rings (SSSR count). The number of benzene rings is 1. The first kappa shape index (κ1) is 12.4. The molecule has 1 aliphatic rings. The highest BCUT2D eigenvalue weighted by Gasteiger charge is 2.22. The van der Waals surface area contributed by atoms with E-state index in [-0.39, 0.29) is 18.5 Å². The molecule has 0 amide bonds. The van der Waals surface area contributed by atoms with Crippen LogP contribution in [-0.4, -0.2) is 21.3 Å². The summed E-state index contributed by atoms with van der Waals surface area (Å²) in [6.45, 7) is 0.119. The molecule has 1 aliphatic heterocycles. The molecule has 1 aromatic heterocycles. The molecule has 1 unspecified atom stereocenters. The van der Waals surface area contributed by atoms with Crippen LogP contribution in [0.25, 0.3) is 0 Å². The molecule has 0 fully saturated rings. The lowest BCUT2D eigenvalue weighted by Crippen LogP contribution is -2.22. The quantitative estimate of drug-likeness (QED) is 0.920. The van der Waals surface area contributed by atoms with E-state index in [9.17, 15) is 9.50 Å². The second-order valence-corrected chi connectivity index (χ2v) is 5.03. The zero-order chi connectivity index (χ0) is 13.2. The van der Waals surface area contributed by atoms with E-state index in [0.717, 1.165) is 30.8 Å². The summed E-state index contributed by atoms with van der Waals surface area (Å²) in [6, 6.07) is 6.87. The van der Waals surface area contributed by atoms with Gasteiger partial charge in [0, 0.05) is 18.3 Å². The number of hydrogen-bond acceptors (Lipinski definition) is 2. The molecule has 0 saturated heterocycles. The Kier molecular flexibility index (Phi) is 3.34. The fraction of sp³-hybridized carbons (Fsp3) is 0.400. The minimum Gasteiger partial charge on any atom is -0.394 e. The summed E-state index contributed by atoms with van der Waals surface area (Å²) < 4.78 is 15.8. The van der Waals surface area contributed by atoms with Gasteiger partial charge in [-0.15, -0.1) is 0 Å². The maximum absolute atomic E-state index is 13.7. The smallest absolute Gasteiger partial charge is 0.126 e. The van der Waals surface area contributed by atoms with E-state index in [1.165, 1.54) is 6.07 Å². The largest absolute Gasteiger partial charge is 0.394 e. The zero-order valence-corrected chi connectivity index (χ0v) is 10.7. The molecule has 2 aromatic rings. The predicted molar refractivity (Wildman–Crippen MR) is 70.5 cm³/mol. The third-order valence-electron chi connectivity index (χ3n) is 3.80. The number of rotatable bonds is 3. The monoisotopic (exact) mass is 260 g/mol. The summed E-state index contributed by atoms with van der Waals surface area (Å²) in [5.74, 6) is 0.648. The minimum absolute atomic E-state index is 0.0908. The van der Waals surface area contributed by atoms with Crippen molar-refractivity contribution in [1.82, 2.24) is 9.55 Å². The standard InChI is InChI=1S/C15H17FN2O/c16-14-7-2-1-4-11(14)8-15-17-9-12-5-3-6-13(10-19)18(12)15/h1-2,4,7,9,13,19H,3,5-6,8,10H2. The van der Waals surface area contributed by atoms with Gasteiger partial charge in [-0.3, -0.25) is 0 Å². The second-order valence-electron chi connectivity index (χ2n) is 5.03. The minimum atomic E-state index is -0.198. The molecule has 0 spiro atoms. The first-order valence-corrected chi connectivity index (χ1v) is 6.69. The molecular formula is C15H17FN2O. The summed E-state index contributed by atoms with van der Waals surface area (Å²) in [4.78, 5) is 4.42. The molecule has 1 atom stereocenters. The van der Waals surface area contributed by atoms with Crippen LogP contribution in [0.5, 0.6) is 0 Å². The van der Waals surface area contributed by atoms with Crippen LogP contribution in [0.1, 0.15) is 36.0 Å². The van der Waals surface area contributed by atoms with Crippen molar-refractivity contribution in [3.63, 3.8) is 0 Å². The van der Waals surface area contributed by atoms with Crippen molar-refractivity contribution in [3.05, 3.63) is 53.4 Å². The average Bonchev–Trinajstić information content (AvgIpc) is 2.85. The summed E-state index contributed by atoms with van der Waals surface area (Å²) in [5.41, 5.74) is 1.80. The van der Waals surface area contributed by atoms with Crippen LogP contribution in [-0.2, 0) is 12.8 Å². The van der Waals surface area contributed by atoms with Crippen molar-refractivity contribution < 1.29 is 9.50 Å². The van der Waals surface area contributed by atoms with E-state index in [2.05, 4.69) is 9.55 Å². The lowest BCUT2D eigenvalue weighted by Gasteiger charge is -2.25. The third kappa shape index (κ3) is 2.28. The molecule has 0 aliphatic carbocycles. The van der Waals surface area contributed by atoms with Gasteiger partial charge in [0.25, 0.3) is 0 Å². The van der Waals surface area contributed by atoms with Crippen LogP contribution >= 0.6 is 0 Å². The normalized spacial score (nSPS) is 18.3. The predicted octanol–water partition coefficient (Wildman–Crippen LogP) is 2.48. The molecule has 1 aromatic carbocycles. The Bertz CT molecular complexity index is 579. The lowest BCUT2D eigenvalue weighted by atomic mass is 10.0. The molecule has 100 valence electrons. The van der Waals surface area contributed by atoms with Gasteiger partial charge in [0.1, 0.15) is 11.6 Å². The topological polar surface area (TPSA) is 38.1 Å². The fourth-order valence-corrected chi connectivity index (χ4v) is 2.83. The maximum atomic E-state index is 13.7. The lowest BCUT2D eigenvalue weighted by molar-refractivity contribution is 0.204. The third-order valence-corrected chi connectivity index (χ3v) is 3.80. The van der Waals surface area contributed by atoms with Crippen LogP contribution in [0.3, 0.4) is 0 Å². The van der Waals surface area contributed by atoms with Gasteiger partial charge in [-0.1, -0.05) is 18.2 Å². The van der Waals surface area contributed by atoms with Gasteiger partial charge in [-0.2, -0.15) is 0 Å². The number of fused-ring (bicyclic) bond motifs is 1. The Hall–Kier alpha value is -1.68. The maximum Gasteiger partial charge on any atom is 0.126 e. The fourth-order valence-electron chi connectivity index (χ4n) is 2.83. The van der Waals surface area contributed by atoms with Crippen LogP contribution in [0.2, 0.25) is 0 Å². The van der Waals surface area contributed by atoms with Crippen molar-refractivity contribution in [3.8, 4) is 0 Å². The number of aryl methyl sites for hydroxylation is 1. The van der Waals surface area contributed by atoms with Gasteiger partial charge in [0.05, 0.1) is 12.6 Å². The number of nitrogens with zero attached hydrogens (tertiary/aromatic N) is 2. The molecule has 4 heteroatoms. The van der Waals surface area contributed by atoms with Crippen molar-refractivity contribution in [2.75, 3.05) is 6.61 Å². The Morgan fingerprint density at radius 1 is 1.37 bits per heavy atom. The van der Waals surface area contributed by atoms with E-state index in [1.54, 1.807) is 12.1 Å². The Labute approximate surface area is 111 Å². The Balaban J connectivity index is 1.94. The highest BCUT2D eigenvalue weighted by atomic mass is 19.1. The number of aliphatic hydroxyl groups is 1. The van der Waals surface area contributed by atoms with Crippen molar-refractivity contribution in [1.29, 1.82) is 0 Å². The van der Waals surface area contributed by atoms with Crippen LogP contribution < -0.4 is 0 Å². The molecule has 0 bridgehead atoms. The first-order valence-electron chi connectivity index (χ1n) is 6.69. The van der Waals surface area contributed by atoms with E-state index in [4.69, 9.17) is 0 Å². The Morgan fingerprint density at radius 3 is 3.00 bits per heavy atom. The van der Waals surface area contributed by atoms with E-state index in [1.807, 2.05) is 12.3 Å². The van der Waals surface area contributed by atoms with Gasteiger partial charge in [0.15, 0.2) is 0 Å². The number of hydrogen-bond donors (Lipinski definition) is 1. The highest BCUT2D eigenvalue weighted by Crippen LogP contribution is 2.27. The average molecular weight is 260 g/mol. The number of imidazole rings is 1. The van der Waals surface area contributed by atoms with E-state index in [0.29, 0.717) is 12.0 Å². The van der Waals surface area contributed by atoms with Crippen LogP contribution in [0, 0.1) is 5.82 Å². The molecule has 1 N–H and O–H groups in total. The summed E-state index contributed by atoms with van der Waals surface area (Å²) in [7, 11) is 0. The summed E-state index contributed by atoms with van der Waals surface area (Å²) in [5, 5.41) is 9.48. The van der Waals surface area contributed by atoms with Crippen LogP contribution in [0.15, 0.2) is 30.5 Å². The molecule has 2 heterocycles. The van der Waals surface area contributed by atoms with Gasteiger partial charge >= 0.3 is 0 Å². The van der Waals surface area contributed by atoms with Gasteiger partial charge in [-0.05, 0) is 30.9 Å². The highest BCUT2D eigenvalue weighted by molar-refractivity contribution is 5.23. The number of halogens is 1. The molecule has 0 saturated carbocycles. The van der Waals surface area contributed by atoms with Gasteiger partial charge in [0.2, 0.25) is 0 Å². The van der Waals surface area contributed by atoms with Crippen molar-refractivity contribution >= 4 is 0 Å². The van der Waals surface area contributed by atoms with Crippen LogP contribution in [0.4, 0.5) is 4.39 Å².